The Labute approximate surface area is 155 Å². The Kier molecular flexibility index (Phi) is 4.14. The van der Waals surface area contributed by atoms with E-state index in [0.29, 0.717) is 23.5 Å². The lowest BCUT2D eigenvalue weighted by atomic mass is 9.89. The van der Waals surface area contributed by atoms with Crippen molar-refractivity contribution in [2.45, 2.75) is 25.7 Å². The van der Waals surface area contributed by atoms with Gasteiger partial charge in [0.05, 0.1) is 5.92 Å². The zero-order valence-corrected chi connectivity index (χ0v) is 14.7. The first kappa shape index (κ1) is 17.2. The summed E-state index contributed by atoms with van der Waals surface area (Å²) in [6, 6.07) is 9.44. The molecule has 2 aromatic carbocycles. The van der Waals surface area contributed by atoms with E-state index in [4.69, 9.17) is 0 Å². The van der Waals surface area contributed by atoms with Crippen molar-refractivity contribution in [2.24, 2.45) is 0 Å². The van der Waals surface area contributed by atoms with E-state index in [2.05, 4.69) is 10.6 Å². The molecule has 27 heavy (non-hydrogen) atoms. The molecular weight excluding hydrogens is 349 g/mol. The Morgan fingerprint density at radius 3 is 2.81 bits per heavy atom. The average molecular weight is 367 g/mol. The summed E-state index contributed by atoms with van der Waals surface area (Å²) >= 11 is 0. The number of rotatable bonds is 2. The van der Waals surface area contributed by atoms with Crippen molar-refractivity contribution >= 4 is 34.8 Å². The fourth-order valence-corrected chi connectivity index (χ4v) is 3.71. The van der Waals surface area contributed by atoms with Crippen molar-refractivity contribution in [1.82, 2.24) is 0 Å². The Morgan fingerprint density at radius 1 is 1.22 bits per heavy atom. The van der Waals surface area contributed by atoms with Crippen LogP contribution in [0.5, 0.6) is 0 Å². The van der Waals surface area contributed by atoms with Crippen LogP contribution in [0.15, 0.2) is 36.4 Å². The largest absolute Gasteiger partial charge is 0.326 e. The van der Waals surface area contributed by atoms with E-state index in [1.165, 1.54) is 25.1 Å². The molecule has 0 unspecified atom stereocenters. The minimum Gasteiger partial charge on any atom is -0.326 e. The van der Waals surface area contributed by atoms with Gasteiger partial charge in [-0.2, -0.15) is 0 Å². The van der Waals surface area contributed by atoms with Crippen LogP contribution >= 0.6 is 0 Å². The third kappa shape index (κ3) is 3.16. The molecule has 0 radical (unpaired) electrons. The van der Waals surface area contributed by atoms with Crippen LogP contribution in [0.25, 0.3) is 0 Å². The molecule has 0 saturated carbocycles. The molecule has 7 heteroatoms. The van der Waals surface area contributed by atoms with Crippen molar-refractivity contribution in [3.63, 3.8) is 0 Å². The van der Waals surface area contributed by atoms with Gasteiger partial charge in [0.15, 0.2) is 0 Å². The lowest BCUT2D eigenvalue weighted by Crippen LogP contribution is -2.30. The highest BCUT2D eigenvalue weighted by atomic mass is 19.1. The number of anilines is 3. The predicted molar refractivity (Wildman–Crippen MR) is 99.2 cm³/mol. The Bertz CT molecular complexity index is 973. The average Bonchev–Trinajstić information content (AvgIpc) is 3.04. The van der Waals surface area contributed by atoms with Gasteiger partial charge in [0, 0.05) is 37.0 Å². The molecule has 0 bridgehead atoms. The number of nitrogens with one attached hydrogen (secondary N) is 2. The van der Waals surface area contributed by atoms with Crippen molar-refractivity contribution in [3.05, 3.63) is 53.3 Å². The van der Waals surface area contributed by atoms with Gasteiger partial charge in [-0.3, -0.25) is 14.4 Å². The second-order valence-electron chi connectivity index (χ2n) is 6.79. The van der Waals surface area contributed by atoms with Gasteiger partial charge < -0.3 is 15.5 Å². The Morgan fingerprint density at radius 2 is 2.04 bits per heavy atom. The van der Waals surface area contributed by atoms with Crippen molar-refractivity contribution in [1.29, 1.82) is 0 Å². The minimum atomic E-state index is -0.684. The second kappa shape index (κ2) is 6.50. The third-order valence-electron chi connectivity index (χ3n) is 4.99. The maximum atomic E-state index is 13.4. The standard InChI is InChI=1S/C20H18FN3O3/c1-11(25)24-7-6-12-8-14(3-5-18(12)24)22-20(27)16-10-19(26)23-17-9-13(21)2-4-15(16)17/h2-5,8-9,16H,6-7,10H2,1H3,(H,22,27)(H,23,26)/t16-/m0/s1. The number of hydrogen-bond acceptors (Lipinski definition) is 3. The maximum Gasteiger partial charge on any atom is 0.232 e. The van der Waals surface area contributed by atoms with Crippen LogP contribution in [0.1, 0.15) is 30.4 Å². The molecule has 0 spiro atoms. The smallest absolute Gasteiger partial charge is 0.232 e. The Balaban J connectivity index is 1.57. The maximum absolute atomic E-state index is 13.4. The molecule has 0 aromatic heterocycles. The highest BCUT2D eigenvalue weighted by Gasteiger charge is 2.31. The van der Waals surface area contributed by atoms with E-state index in [9.17, 15) is 18.8 Å². The van der Waals surface area contributed by atoms with E-state index in [1.54, 1.807) is 11.0 Å². The van der Waals surface area contributed by atoms with Gasteiger partial charge in [-0.15, -0.1) is 0 Å². The monoisotopic (exact) mass is 367 g/mol. The van der Waals surface area contributed by atoms with Gasteiger partial charge in [0.25, 0.3) is 0 Å². The topological polar surface area (TPSA) is 78.5 Å². The summed E-state index contributed by atoms with van der Waals surface area (Å²) in [5.41, 5.74) is 3.39. The number of fused-ring (bicyclic) bond motifs is 2. The summed E-state index contributed by atoms with van der Waals surface area (Å²) in [5, 5.41) is 5.45. The molecule has 0 aliphatic carbocycles. The first-order valence-electron chi connectivity index (χ1n) is 8.73. The van der Waals surface area contributed by atoms with Crippen LogP contribution in [-0.4, -0.2) is 24.3 Å². The molecule has 1 atom stereocenters. The van der Waals surface area contributed by atoms with Gasteiger partial charge in [-0.05, 0) is 47.9 Å². The van der Waals surface area contributed by atoms with Gasteiger partial charge in [-0.1, -0.05) is 6.07 Å². The minimum absolute atomic E-state index is 0.00746. The first-order valence-corrected chi connectivity index (χ1v) is 8.73. The van der Waals surface area contributed by atoms with Crippen LogP contribution in [0.3, 0.4) is 0 Å². The molecule has 0 fully saturated rings. The summed E-state index contributed by atoms with van der Waals surface area (Å²) in [7, 11) is 0. The van der Waals surface area contributed by atoms with Gasteiger partial charge in [0.2, 0.25) is 17.7 Å². The summed E-state index contributed by atoms with van der Waals surface area (Å²) in [4.78, 5) is 38.0. The normalized spacial score (nSPS) is 17.8. The van der Waals surface area contributed by atoms with E-state index in [1.807, 2.05) is 12.1 Å². The summed E-state index contributed by atoms with van der Waals surface area (Å²) < 4.78 is 13.4. The third-order valence-corrected chi connectivity index (χ3v) is 4.99. The number of benzene rings is 2. The van der Waals surface area contributed by atoms with Gasteiger partial charge >= 0.3 is 0 Å². The molecule has 2 aliphatic heterocycles. The van der Waals surface area contributed by atoms with Crippen LogP contribution in [-0.2, 0) is 20.8 Å². The summed E-state index contributed by atoms with van der Waals surface area (Å²) in [6.07, 6.45) is 0.736. The molecule has 138 valence electrons. The predicted octanol–water partition coefficient (Wildman–Crippen LogP) is 2.80. The highest BCUT2D eigenvalue weighted by molar-refractivity contribution is 6.05. The van der Waals surface area contributed by atoms with Crippen LogP contribution < -0.4 is 15.5 Å². The molecule has 4 rings (SSSR count). The Hall–Kier alpha value is -3.22. The molecule has 3 amide bonds. The SMILES string of the molecule is CC(=O)N1CCc2cc(NC(=O)[C@H]3CC(=O)Nc4cc(F)ccc43)ccc21. The zero-order valence-electron chi connectivity index (χ0n) is 14.7. The number of halogens is 1. The molecule has 2 aromatic rings. The highest BCUT2D eigenvalue weighted by Crippen LogP contribution is 2.35. The van der Waals surface area contributed by atoms with Crippen LogP contribution in [0.4, 0.5) is 21.5 Å². The molecule has 6 nitrogen and oxygen atoms in total. The number of hydrogen-bond donors (Lipinski definition) is 2. The fraction of sp³-hybridized carbons (Fsp3) is 0.250. The summed E-state index contributed by atoms with van der Waals surface area (Å²) in [5.74, 6) is -1.80. The van der Waals surface area contributed by atoms with E-state index >= 15 is 0 Å². The first-order chi connectivity index (χ1) is 12.9. The second-order valence-corrected chi connectivity index (χ2v) is 6.79. The van der Waals surface area contributed by atoms with Crippen molar-refractivity contribution in [2.75, 3.05) is 22.1 Å². The van der Waals surface area contributed by atoms with Crippen molar-refractivity contribution < 1.29 is 18.8 Å². The fourth-order valence-electron chi connectivity index (χ4n) is 3.71. The lowest BCUT2D eigenvalue weighted by molar-refractivity contribution is -0.123. The van der Waals surface area contributed by atoms with Crippen LogP contribution in [0.2, 0.25) is 0 Å². The van der Waals surface area contributed by atoms with Gasteiger partial charge in [-0.25, -0.2) is 4.39 Å². The molecule has 2 aliphatic rings. The quantitative estimate of drug-likeness (QED) is 0.857. The van der Waals surface area contributed by atoms with Crippen LogP contribution in [0, 0.1) is 5.82 Å². The number of nitrogens with zero attached hydrogens (tertiary/aromatic N) is 1. The lowest BCUT2D eigenvalue weighted by Gasteiger charge is -2.25. The zero-order chi connectivity index (χ0) is 19.1. The molecule has 2 N–H and O–H groups in total. The van der Waals surface area contributed by atoms with Crippen molar-refractivity contribution in [3.8, 4) is 0 Å². The van der Waals surface area contributed by atoms with E-state index < -0.39 is 11.7 Å². The van der Waals surface area contributed by atoms with Gasteiger partial charge in [0.1, 0.15) is 5.82 Å². The van der Waals surface area contributed by atoms with E-state index in [-0.39, 0.29) is 24.1 Å². The molecular formula is C20H18FN3O3. The molecule has 0 saturated heterocycles. The van der Waals surface area contributed by atoms with E-state index in [0.717, 1.165) is 17.7 Å². The molecule has 2 heterocycles. The number of carbonyl (C=O) groups is 3. The number of carbonyl (C=O) groups excluding carboxylic acids is 3. The summed E-state index contributed by atoms with van der Waals surface area (Å²) in [6.45, 7) is 2.16. The number of amides is 3.